The molecule has 0 aliphatic carbocycles. The summed E-state index contributed by atoms with van der Waals surface area (Å²) in [6.45, 7) is 6.98. The number of benzene rings is 3. The van der Waals surface area contributed by atoms with Crippen molar-refractivity contribution in [1.82, 2.24) is 15.2 Å². The van der Waals surface area contributed by atoms with Crippen molar-refractivity contribution in [2.75, 3.05) is 48.9 Å². The van der Waals surface area contributed by atoms with Crippen LogP contribution in [0, 0.1) is 0 Å². The number of thiazole rings is 1. The zero-order chi connectivity index (χ0) is 27.4. The molecular formula is C28H31Cl2N5O3S2. The highest BCUT2D eigenvalue weighted by Gasteiger charge is 2.21. The second kappa shape index (κ2) is 13.2. The first kappa shape index (κ1) is 30.1. The molecule has 0 radical (unpaired) electrons. The number of hydrogen-bond acceptors (Lipinski definition) is 7. The molecule has 1 amide bonds. The fraction of sp³-hybridized carbons (Fsp3) is 0.286. The Bertz CT molecular complexity index is 1570. The Hall–Kier alpha value is -2.89. The van der Waals surface area contributed by atoms with Gasteiger partial charge in [-0.15, -0.1) is 12.4 Å². The van der Waals surface area contributed by atoms with Crippen molar-refractivity contribution < 1.29 is 13.2 Å². The number of aromatic nitrogens is 1. The SMILES string of the molecule is CCc1cccc2sc(N3CCN(CCNC(=O)c4cccc(NS(=O)(=O)c5ccc(Cl)cc5)c4)CC3)nc12.Cl. The van der Waals surface area contributed by atoms with E-state index in [0.717, 1.165) is 49.8 Å². The average Bonchev–Trinajstić information content (AvgIpc) is 3.38. The standard InChI is InChI=1S/C28H30ClN5O3S2.ClH/c1-2-20-5-4-8-25-26(20)31-28(38-25)34-17-15-33(16-18-34)14-13-30-27(35)21-6-3-7-23(19-21)32-39(36,37)24-11-9-22(29)10-12-24;/h3-12,19,32H,2,13-18H2,1H3,(H,30,35);1H. The molecule has 0 atom stereocenters. The number of para-hydroxylation sites is 1. The highest BCUT2D eigenvalue weighted by molar-refractivity contribution is 7.92. The molecule has 3 aromatic carbocycles. The lowest BCUT2D eigenvalue weighted by Crippen LogP contribution is -2.48. The second-order valence-corrected chi connectivity index (χ2v) is 12.5. The van der Waals surface area contributed by atoms with Gasteiger partial charge in [0.15, 0.2) is 5.13 Å². The van der Waals surface area contributed by atoms with E-state index in [-0.39, 0.29) is 23.2 Å². The van der Waals surface area contributed by atoms with Gasteiger partial charge in [-0.1, -0.05) is 48.1 Å². The van der Waals surface area contributed by atoms with Crippen molar-refractivity contribution in [3.63, 3.8) is 0 Å². The van der Waals surface area contributed by atoms with Crippen molar-refractivity contribution in [3.8, 4) is 0 Å². The van der Waals surface area contributed by atoms with Gasteiger partial charge < -0.3 is 10.2 Å². The Balaban J connectivity index is 0.00000370. The van der Waals surface area contributed by atoms with Crippen LogP contribution in [-0.2, 0) is 16.4 Å². The number of amides is 1. The summed E-state index contributed by atoms with van der Waals surface area (Å²) in [7, 11) is -3.79. The zero-order valence-electron chi connectivity index (χ0n) is 22.0. The molecule has 40 heavy (non-hydrogen) atoms. The van der Waals surface area contributed by atoms with Crippen LogP contribution < -0.4 is 14.9 Å². The van der Waals surface area contributed by atoms with E-state index in [9.17, 15) is 13.2 Å². The number of carbonyl (C=O) groups excluding carboxylic acids is 1. The first-order valence-electron chi connectivity index (χ1n) is 12.8. The maximum Gasteiger partial charge on any atom is 0.261 e. The van der Waals surface area contributed by atoms with Crippen molar-refractivity contribution in [3.05, 3.63) is 82.9 Å². The van der Waals surface area contributed by atoms with Gasteiger partial charge in [-0.05, 0) is 60.5 Å². The van der Waals surface area contributed by atoms with E-state index in [1.54, 1.807) is 29.5 Å². The molecule has 2 N–H and O–H groups in total. The lowest BCUT2D eigenvalue weighted by Gasteiger charge is -2.34. The third kappa shape index (κ3) is 7.05. The molecule has 2 heterocycles. The van der Waals surface area contributed by atoms with Crippen LogP contribution in [0.3, 0.4) is 0 Å². The number of anilines is 2. The minimum Gasteiger partial charge on any atom is -0.351 e. The van der Waals surface area contributed by atoms with Crippen molar-refractivity contribution in [2.24, 2.45) is 0 Å². The molecule has 1 fully saturated rings. The summed E-state index contributed by atoms with van der Waals surface area (Å²) in [5.41, 5.74) is 3.11. The predicted octanol–water partition coefficient (Wildman–Crippen LogP) is 5.29. The number of nitrogens with zero attached hydrogens (tertiary/aromatic N) is 3. The minimum absolute atomic E-state index is 0. The minimum atomic E-state index is -3.79. The molecule has 0 bridgehead atoms. The molecule has 8 nitrogen and oxygen atoms in total. The Morgan fingerprint density at radius 3 is 2.48 bits per heavy atom. The van der Waals surface area contributed by atoms with Gasteiger partial charge in [0.1, 0.15) is 0 Å². The van der Waals surface area contributed by atoms with Gasteiger partial charge in [0.05, 0.1) is 15.1 Å². The van der Waals surface area contributed by atoms with Gasteiger partial charge in [-0.25, -0.2) is 13.4 Å². The lowest BCUT2D eigenvalue weighted by atomic mass is 10.1. The molecule has 12 heteroatoms. The van der Waals surface area contributed by atoms with E-state index < -0.39 is 10.0 Å². The fourth-order valence-corrected chi connectivity index (χ4v) is 6.80. The van der Waals surface area contributed by atoms with Crippen LogP contribution in [0.15, 0.2) is 71.6 Å². The predicted molar refractivity (Wildman–Crippen MR) is 166 cm³/mol. The number of hydrogen-bond donors (Lipinski definition) is 2. The molecule has 0 unspecified atom stereocenters. The summed E-state index contributed by atoms with van der Waals surface area (Å²) in [6, 6.07) is 18.7. The van der Waals surface area contributed by atoms with Gasteiger partial charge in [0, 0.05) is 55.5 Å². The van der Waals surface area contributed by atoms with Crippen LogP contribution in [0.25, 0.3) is 10.2 Å². The van der Waals surface area contributed by atoms with Gasteiger partial charge in [-0.2, -0.15) is 0 Å². The topological polar surface area (TPSA) is 94.6 Å². The normalized spacial score (nSPS) is 14.1. The van der Waals surface area contributed by atoms with Crippen LogP contribution in [0.4, 0.5) is 10.8 Å². The highest BCUT2D eigenvalue weighted by atomic mass is 35.5. The summed E-state index contributed by atoms with van der Waals surface area (Å²) in [6.07, 6.45) is 0.976. The smallest absolute Gasteiger partial charge is 0.261 e. The molecule has 0 spiro atoms. The number of nitrogens with one attached hydrogen (secondary N) is 2. The van der Waals surface area contributed by atoms with E-state index in [4.69, 9.17) is 16.6 Å². The molecule has 1 aliphatic heterocycles. The number of rotatable bonds is 9. The number of halogens is 2. The summed E-state index contributed by atoms with van der Waals surface area (Å²) >= 11 is 7.61. The molecule has 1 saturated heterocycles. The van der Waals surface area contributed by atoms with Crippen molar-refractivity contribution in [1.29, 1.82) is 0 Å². The Morgan fingerprint density at radius 2 is 1.75 bits per heavy atom. The first-order chi connectivity index (χ1) is 18.8. The maximum absolute atomic E-state index is 12.7. The Kier molecular flexibility index (Phi) is 9.91. The number of aryl methyl sites for hydroxylation is 1. The number of fused-ring (bicyclic) bond motifs is 1. The molecule has 212 valence electrons. The van der Waals surface area contributed by atoms with Gasteiger partial charge in [0.25, 0.3) is 15.9 Å². The van der Waals surface area contributed by atoms with E-state index >= 15 is 0 Å². The Morgan fingerprint density at radius 1 is 1.02 bits per heavy atom. The van der Waals surface area contributed by atoms with Crippen LogP contribution in [0.1, 0.15) is 22.8 Å². The van der Waals surface area contributed by atoms with E-state index in [1.165, 1.54) is 40.6 Å². The third-order valence-corrected chi connectivity index (χ3v) is 9.46. The molecule has 0 saturated carbocycles. The summed E-state index contributed by atoms with van der Waals surface area (Å²) in [5.74, 6) is -0.248. The zero-order valence-corrected chi connectivity index (χ0v) is 25.2. The summed E-state index contributed by atoms with van der Waals surface area (Å²) in [5, 5.41) is 4.48. The largest absolute Gasteiger partial charge is 0.351 e. The molecule has 1 aromatic heterocycles. The quantitative estimate of drug-likeness (QED) is 0.264. The van der Waals surface area contributed by atoms with Crippen molar-refractivity contribution >= 4 is 72.3 Å². The third-order valence-electron chi connectivity index (χ3n) is 6.73. The van der Waals surface area contributed by atoms with Gasteiger partial charge >= 0.3 is 0 Å². The van der Waals surface area contributed by atoms with Gasteiger partial charge in [-0.3, -0.25) is 14.4 Å². The molecule has 5 rings (SSSR count). The first-order valence-corrected chi connectivity index (χ1v) is 15.5. The number of carbonyl (C=O) groups is 1. The van der Waals surface area contributed by atoms with Gasteiger partial charge in [0.2, 0.25) is 0 Å². The maximum atomic E-state index is 12.7. The second-order valence-electron chi connectivity index (χ2n) is 9.34. The van der Waals surface area contributed by atoms with Crippen LogP contribution in [0.2, 0.25) is 5.02 Å². The number of sulfonamides is 1. The van der Waals surface area contributed by atoms with Crippen LogP contribution in [0.5, 0.6) is 0 Å². The molecule has 1 aliphatic rings. The molecule has 4 aromatic rings. The Labute approximate surface area is 249 Å². The van der Waals surface area contributed by atoms with Crippen molar-refractivity contribution in [2.45, 2.75) is 18.2 Å². The highest BCUT2D eigenvalue weighted by Crippen LogP contribution is 2.31. The van der Waals surface area contributed by atoms with E-state index in [0.29, 0.717) is 22.8 Å². The van der Waals surface area contributed by atoms with E-state index in [2.05, 4.69) is 45.0 Å². The van der Waals surface area contributed by atoms with Crippen LogP contribution in [-0.4, -0.2) is 63.5 Å². The summed E-state index contributed by atoms with van der Waals surface area (Å²) < 4.78 is 29.1. The van der Waals surface area contributed by atoms with Crippen LogP contribution >= 0.6 is 35.3 Å². The summed E-state index contributed by atoms with van der Waals surface area (Å²) in [4.78, 5) is 22.4. The van der Waals surface area contributed by atoms with E-state index in [1.807, 2.05) is 0 Å². The monoisotopic (exact) mass is 619 g/mol. The molecular weight excluding hydrogens is 589 g/mol. The average molecular weight is 621 g/mol. The fourth-order valence-electron chi connectivity index (χ4n) is 4.56. The number of piperazine rings is 1. The lowest BCUT2D eigenvalue weighted by molar-refractivity contribution is 0.0948.